The molecule has 0 heterocycles. The maximum Gasteiger partial charge on any atom is 0.0618 e. The molecule has 268 valence electrons. The zero-order valence-corrected chi connectivity index (χ0v) is 35.7. The minimum atomic E-state index is 0.0732. The third kappa shape index (κ3) is 7.98. The van der Waals surface area contributed by atoms with Crippen LogP contribution in [0.15, 0.2) is 144 Å². The summed E-state index contributed by atoms with van der Waals surface area (Å²) in [6, 6.07) is 52.6. The van der Waals surface area contributed by atoms with Crippen molar-refractivity contribution >= 4 is 77.1 Å². The van der Waals surface area contributed by atoms with Gasteiger partial charge in [-0.2, -0.15) is 0 Å². The van der Waals surface area contributed by atoms with Crippen LogP contribution in [0.3, 0.4) is 0 Å². The Morgan fingerprint density at radius 3 is 1.62 bits per heavy atom. The van der Waals surface area contributed by atoms with E-state index in [4.69, 9.17) is 0 Å². The molecule has 0 fully saturated rings. The number of halogens is 2. The lowest BCUT2D eigenvalue weighted by molar-refractivity contribution is 0.589. The molecule has 7 rings (SSSR count). The summed E-state index contributed by atoms with van der Waals surface area (Å²) in [6.45, 7) is 15.9. The summed E-state index contributed by atoms with van der Waals surface area (Å²) >= 11 is 6.11. The molecule has 0 radical (unpaired) electrons. The smallest absolute Gasteiger partial charge is 0.0618 e. The van der Waals surface area contributed by atoms with Gasteiger partial charge < -0.3 is 4.90 Å². The molecule has 0 amide bonds. The van der Waals surface area contributed by atoms with Gasteiger partial charge in [-0.25, -0.2) is 0 Å². The molecule has 0 saturated carbocycles. The van der Waals surface area contributed by atoms with Gasteiger partial charge in [0.05, 0.1) is 5.69 Å². The second kappa shape index (κ2) is 15.1. The molecule has 1 unspecified atom stereocenters. The Balaban J connectivity index is 1.41. The fourth-order valence-corrected chi connectivity index (χ4v) is 8.33. The average molecular weight is 871 g/mol. The molecule has 0 N–H and O–H groups in total. The standard InChI is InChI=1S/C50H49BrIN/c1-33-12-29-45-44(31-30-42(35-15-23-39(52)24-16-35)34-13-17-36(18-14-34)49(2,3)4)43-10-8-9-11-46(43)48(47(45)32-33)53(41-27-21-38(51)22-28-41)40-25-19-37(20-26-40)50(5,6)7/h8-29,32,42H,30-31H2,1-7H3. The molecule has 0 aliphatic heterocycles. The number of hydrogen-bond acceptors (Lipinski definition) is 1. The molecular weight excluding hydrogens is 821 g/mol. The van der Waals surface area contributed by atoms with Crippen LogP contribution in [0, 0.1) is 10.5 Å². The molecule has 0 aliphatic carbocycles. The lowest BCUT2D eigenvalue weighted by Crippen LogP contribution is -2.14. The molecule has 0 spiro atoms. The van der Waals surface area contributed by atoms with Gasteiger partial charge in [-0.3, -0.25) is 0 Å². The van der Waals surface area contributed by atoms with E-state index in [0.717, 1.165) is 28.7 Å². The van der Waals surface area contributed by atoms with Crippen LogP contribution < -0.4 is 4.90 Å². The number of anilines is 3. The van der Waals surface area contributed by atoms with Crippen LogP contribution in [0.5, 0.6) is 0 Å². The molecular formula is C50H49BrIN. The highest BCUT2D eigenvalue weighted by molar-refractivity contribution is 14.1. The molecule has 53 heavy (non-hydrogen) atoms. The fraction of sp³-hybridized carbons (Fsp3) is 0.240. The molecule has 7 aromatic carbocycles. The van der Waals surface area contributed by atoms with E-state index in [9.17, 15) is 0 Å². The first-order chi connectivity index (χ1) is 25.3. The first kappa shape index (κ1) is 37.4. The zero-order valence-electron chi connectivity index (χ0n) is 32.0. The molecule has 7 aromatic rings. The first-order valence-corrected chi connectivity index (χ1v) is 20.6. The number of rotatable bonds is 8. The SMILES string of the molecule is Cc1ccc2c(CCC(c3ccc(I)cc3)c3ccc(C(C)(C)C)cc3)c3ccccc3c(N(c3ccc(Br)cc3)c3ccc(C(C)(C)C)cc3)c2c1. The quantitative estimate of drug-likeness (QED) is 0.109. The number of hydrogen-bond donors (Lipinski definition) is 0. The minimum absolute atomic E-state index is 0.0732. The number of aryl methyl sites for hydroxylation is 2. The Hall–Kier alpha value is -3.93. The van der Waals surface area contributed by atoms with Crippen molar-refractivity contribution in [2.24, 2.45) is 0 Å². The van der Waals surface area contributed by atoms with Crippen LogP contribution in [-0.2, 0) is 17.3 Å². The van der Waals surface area contributed by atoms with Crippen molar-refractivity contribution < 1.29 is 0 Å². The van der Waals surface area contributed by atoms with Crippen molar-refractivity contribution in [3.8, 4) is 0 Å². The van der Waals surface area contributed by atoms with Gasteiger partial charge in [0.1, 0.15) is 0 Å². The van der Waals surface area contributed by atoms with Crippen molar-refractivity contribution in [3.05, 3.63) is 181 Å². The highest BCUT2D eigenvalue weighted by Crippen LogP contribution is 2.47. The van der Waals surface area contributed by atoms with Crippen LogP contribution in [0.4, 0.5) is 17.1 Å². The molecule has 0 aromatic heterocycles. The highest BCUT2D eigenvalue weighted by Gasteiger charge is 2.24. The summed E-state index contributed by atoms with van der Waals surface area (Å²) in [4.78, 5) is 2.47. The molecule has 0 saturated heterocycles. The van der Waals surface area contributed by atoms with Gasteiger partial charge in [-0.1, -0.05) is 148 Å². The van der Waals surface area contributed by atoms with Crippen LogP contribution >= 0.6 is 38.5 Å². The Morgan fingerprint density at radius 2 is 1.06 bits per heavy atom. The molecule has 1 nitrogen and oxygen atoms in total. The van der Waals surface area contributed by atoms with Crippen molar-refractivity contribution in [1.29, 1.82) is 0 Å². The Labute approximate surface area is 338 Å². The summed E-state index contributed by atoms with van der Waals surface area (Å²) in [5.74, 6) is 0.278. The lowest BCUT2D eigenvalue weighted by atomic mass is 9.81. The van der Waals surface area contributed by atoms with Crippen molar-refractivity contribution in [3.63, 3.8) is 0 Å². The molecule has 0 aliphatic rings. The fourth-order valence-electron chi connectivity index (χ4n) is 7.70. The van der Waals surface area contributed by atoms with Gasteiger partial charge in [0.15, 0.2) is 0 Å². The van der Waals surface area contributed by atoms with Crippen LogP contribution in [0.1, 0.15) is 87.3 Å². The largest absolute Gasteiger partial charge is 0.309 e. The molecule has 1 atom stereocenters. The third-order valence-corrected chi connectivity index (χ3v) is 11.9. The van der Waals surface area contributed by atoms with Crippen molar-refractivity contribution in [1.82, 2.24) is 0 Å². The Bertz CT molecular complexity index is 2360. The van der Waals surface area contributed by atoms with E-state index in [-0.39, 0.29) is 16.7 Å². The monoisotopic (exact) mass is 869 g/mol. The predicted octanol–water partition coefficient (Wildman–Crippen LogP) is 15.5. The van der Waals surface area contributed by atoms with Gasteiger partial charge in [0.25, 0.3) is 0 Å². The van der Waals surface area contributed by atoms with Gasteiger partial charge in [0.2, 0.25) is 0 Å². The van der Waals surface area contributed by atoms with Gasteiger partial charge >= 0.3 is 0 Å². The molecule has 3 heteroatoms. The number of fused-ring (bicyclic) bond motifs is 2. The summed E-state index contributed by atoms with van der Waals surface area (Å²) in [5.41, 5.74) is 11.8. The van der Waals surface area contributed by atoms with Gasteiger partial charge in [0, 0.05) is 36.1 Å². The second-order valence-electron chi connectivity index (χ2n) is 16.5. The van der Waals surface area contributed by atoms with E-state index in [1.165, 1.54) is 64.2 Å². The predicted molar refractivity (Wildman–Crippen MR) is 242 cm³/mol. The number of nitrogens with zero attached hydrogens (tertiary/aromatic N) is 1. The van der Waals surface area contributed by atoms with Crippen LogP contribution in [-0.4, -0.2) is 0 Å². The van der Waals surface area contributed by atoms with Crippen molar-refractivity contribution in [2.45, 2.75) is 78.1 Å². The van der Waals surface area contributed by atoms with E-state index < -0.39 is 0 Å². The maximum absolute atomic E-state index is 3.70. The van der Waals surface area contributed by atoms with E-state index in [1.54, 1.807) is 0 Å². The van der Waals surface area contributed by atoms with Crippen LogP contribution in [0.2, 0.25) is 0 Å². The summed E-state index contributed by atoms with van der Waals surface area (Å²) in [6.07, 6.45) is 1.96. The zero-order chi connectivity index (χ0) is 37.5. The minimum Gasteiger partial charge on any atom is -0.309 e. The third-order valence-electron chi connectivity index (χ3n) is 10.7. The summed E-state index contributed by atoms with van der Waals surface area (Å²) in [5, 5.41) is 5.18. The average Bonchev–Trinajstić information content (AvgIpc) is 3.13. The topological polar surface area (TPSA) is 3.24 Å². The number of benzene rings is 7. The van der Waals surface area contributed by atoms with Gasteiger partial charge in [-0.15, -0.1) is 0 Å². The Morgan fingerprint density at radius 1 is 0.566 bits per heavy atom. The highest BCUT2D eigenvalue weighted by atomic mass is 127. The second-order valence-corrected chi connectivity index (χ2v) is 18.7. The summed E-state index contributed by atoms with van der Waals surface area (Å²) < 4.78 is 2.33. The lowest BCUT2D eigenvalue weighted by Gasteiger charge is -2.30. The van der Waals surface area contributed by atoms with E-state index in [0.29, 0.717) is 0 Å². The van der Waals surface area contributed by atoms with Crippen LogP contribution in [0.25, 0.3) is 21.5 Å². The molecule has 0 bridgehead atoms. The van der Waals surface area contributed by atoms with Gasteiger partial charge in [-0.05, 0) is 146 Å². The first-order valence-electron chi connectivity index (χ1n) is 18.7. The summed E-state index contributed by atoms with van der Waals surface area (Å²) in [7, 11) is 0. The van der Waals surface area contributed by atoms with E-state index >= 15 is 0 Å². The maximum atomic E-state index is 3.70. The normalized spacial score (nSPS) is 12.7. The van der Waals surface area contributed by atoms with E-state index in [1.807, 2.05) is 0 Å². The van der Waals surface area contributed by atoms with E-state index in [2.05, 4.69) is 231 Å². The van der Waals surface area contributed by atoms with Crippen molar-refractivity contribution in [2.75, 3.05) is 4.90 Å². The Kier molecular flexibility index (Phi) is 10.6.